The zero-order chi connectivity index (χ0) is 27.3. The van der Waals surface area contributed by atoms with Crippen molar-refractivity contribution in [2.75, 3.05) is 18.1 Å². The lowest BCUT2D eigenvalue weighted by molar-refractivity contribution is -0.131. The molecular weight excluding hydrogens is 485 g/mol. The molecule has 0 aliphatic carbocycles. The third-order valence-corrected chi connectivity index (χ3v) is 7.63. The summed E-state index contributed by atoms with van der Waals surface area (Å²) in [6, 6.07) is 21.4. The molecule has 202 valence electrons. The summed E-state index contributed by atoms with van der Waals surface area (Å²) < 4.78 is 13.3. The van der Waals surface area contributed by atoms with Crippen molar-refractivity contribution in [2.24, 2.45) is 5.92 Å². The Morgan fingerprint density at radius 2 is 1.53 bits per heavy atom. The molecule has 1 aliphatic heterocycles. The van der Waals surface area contributed by atoms with Crippen molar-refractivity contribution in [3.63, 3.8) is 0 Å². The van der Waals surface area contributed by atoms with Crippen LogP contribution in [0.25, 0.3) is 0 Å². The van der Waals surface area contributed by atoms with Gasteiger partial charge >= 0.3 is 0 Å². The van der Waals surface area contributed by atoms with Gasteiger partial charge < -0.3 is 25.3 Å². The highest BCUT2D eigenvalue weighted by molar-refractivity contribution is 6.03. The van der Waals surface area contributed by atoms with Crippen LogP contribution >= 0.6 is 0 Å². The Morgan fingerprint density at radius 3 is 2.11 bits per heavy atom. The summed E-state index contributed by atoms with van der Waals surface area (Å²) in [4.78, 5) is 15.2. The zero-order valence-corrected chi connectivity index (χ0v) is 21.6. The Bertz CT molecular complexity index is 1190. The number of nitrogens with zero attached hydrogens (tertiary/aromatic N) is 1. The van der Waals surface area contributed by atoms with Crippen molar-refractivity contribution in [1.29, 1.82) is 0 Å². The number of hydrogen-bond acceptors (Lipinski definition) is 5. The molecule has 1 fully saturated rings. The second-order valence-electron chi connectivity index (χ2n) is 10.2. The van der Waals surface area contributed by atoms with E-state index >= 15 is 0 Å². The van der Waals surface area contributed by atoms with Crippen LogP contribution in [-0.2, 0) is 17.6 Å². The minimum absolute atomic E-state index is 0.00517. The van der Waals surface area contributed by atoms with Crippen LogP contribution in [0.4, 0.5) is 10.1 Å². The number of carbonyl (C=O) groups excluding carboxylic acids is 1. The number of halogens is 1. The minimum Gasteiger partial charge on any atom is -0.393 e. The molecule has 7 heteroatoms. The first-order valence-electron chi connectivity index (χ1n) is 13.2. The molecule has 0 saturated carbocycles. The Labute approximate surface area is 223 Å². The molecule has 6 nitrogen and oxygen atoms in total. The molecule has 0 spiro atoms. The van der Waals surface area contributed by atoms with Crippen LogP contribution in [0.5, 0.6) is 0 Å². The molecule has 4 rings (SSSR count). The van der Waals surface area contributed by atoms with Gasteiger partial charge in [0.15, 0.2) is 0 Å². The highest BCUT2D eigenvalue weighted by Crippen LogP contribution is 2.46. The molecule has 3 aromatic carbocycles. The number of hydrogen-bond donors (Lipinski definition) is 4. The maximum absolute atomic E-state index is 13.4. The first-order chi connectivity index (χ1) is 18.3. The van der Waals surface area contributed by atoms with Crippen LogP contribution in [-0.4, -0.2) is 45.1 Å². The fraction of sp³-hybridized carbons (Fsp3) is 0.387. The van der Waals surface area contributed by atoms with E-state index in [1.54, 1.807) is 17.0 Å². The number of benzene rings is 3. The lowest BCUT2D eigenvalue weighted by atomic mass is 9.78. The van der Waals surface area contributed by atoms with E-state index < -0.39 is 24.9 Å². The van der Waals surface area contributed by atoms with E-state index in [0.717, 1.165) is 23.2 Å². The van der Waals surface area contributed by atoms with Gasteiger partial charge in [0.25, 0.3) is 0 Å². The van der Waals surface area contributed by atoms with Gasteiger partial charge in [0.2, 0.25) is 5.91 Å². The second-order valence-corrected chi connectivity index (χ2v) is 10.2. The predicted octanol–water partition coefficient (Wildman–Crippen LogP) is 4.25. The van der Waals surface area contributed by atoms with E-state index in [4.69, 9.17) is 0 Å². The van der Waals surface area contributed by atoms with Crippen molar-refractivity contribution in [2.45, 2.75) is 56.8 Å². The molecular formula is C31H36FNO5. The molecule has 1 saturated heterocycles. The summed E-state index contributed by atoms with van der Waals surface area (Å²) in [5, 5.41) is 39.5. The quantitative estimate of drug-likeness (QED) is 0.267. The van der Waals surface area contributed by atoms with E-state index in [1.807, 2.05) is 48.5 Å². The number of aliphatic hydroxyl groups excluding tert-OH is 3. The molecule has 0 bridgehead atoms. The normalized spacial score (nSPS) is 18.4. The fourth-order valence-electron chi connectivity index (χ4n) is 5.05. The Kier molecular flexibility index (Phi) is 8.95. The fourth-order valence-corrected chi connectivity index (χ4v) is 5.05. The predicted molar refractivity (Wildman–Crippen MR) is 144 cm³/mol. The number of aryl methyl sites for hydroxylation is 2. The van der Waals surface area contributed by atoms with Crippen LogP contribution in [0.1, 0.15) is 60.6 Å². The molecule has 4 N–H and O–H groups in total. The van der Waals surface area contributed by atoms with Gasteiger partial charge in [-0.25, -0.2) is 4.39 Å². The summed E-state index contributed by atoms with van der Waals surface area (Å²) in [5.74, 6) is -0.665. The van der Waals surface area contributed by atoms with Gasteiger partial charge in [-0.1, -0.05) is 55.5 Å². The SMILES string of the molecule is CCc1ccc(N2C(=O)[C@H](CC[C@H](O)c3ccc(F)cc3)[C@H]2c2ccc(CCC(O)(CO)CO)cc2)cc1. The van der Waals surface area contributed by atoms with Crippen molar-refractivity contribution < 1.29 is 29.6 Å². The van der Waals surface area contributed by atoms with Gasteiger partial charge in [-0.05, 0) is 78.6 Å². The van der Waals surface area contributed by atoms with E-state index in [1.165, 1.54) is 17.7 Å². The molecule has 3 atom stereocenters. The summed E-state index contributed by atoms with van der Waals surface area (Å²) in [6.45, 7) is 1.06. The molecule has 0 unspecified atom stereocenters. The average molecular weight is 522 g/mol. The summed E-state index contributed by atoms with van der Waals surface area (Å²) in [7, 11) is 0. The number of carbonyl (C=O) groups is 1. The first kappa shape index (κ1) is 27.9. The van der Waals surface area contributed by atoms with Crippen LogP contribution in [0.3, 0.4) is 0 Å². The van der Waals surface area contributed by atoms with Gasteiger partial charge in [-0.2, -0.15) is 0 Å². The van der Waals surface area contributed by atoms with Gasteiger partial charge in [0, 0.05) is 5.69 Å². The van der Waals surface area contributed by atoms with Gasteiger partial charge in [0.1, 0.15) is 11.4 Å². The maximum Gasteiger partial charge on any atom is 0.233 e. The van der Waals surface area contributed by atoms with Crippen molar-refractivity contribution in [1.82, 2.24) is 0 Å². The summed E-state index contributed by atoms with van der Waals surface area (Å²) in [6.07, 6.45) is 1.68. The van der Waals surface area contributed by atoms with Gasteiger partial charge in [0.05, 0.1) is 31.3 Å². The second kappa shape index (κ2) is 12.2. The lowest BCUT2D eigenvalue weighted by Crippen LogP contribution is -2.55. The van der Waals surface area contributed by atoms with E-state index in [0.29, 0.717) is 24.8 Å². The van der Waals surface area contributed by atoms with Crippen molar-refractivity contribution in [3.8, 4) is 0 Å². The maximum atomic E-state index is 13.4. The lowest BCUT2D eigenvalue weighted by Gasteiger charge is -2.48. The Balaban J connectivity index is 1.52. The van der Waals surface area contributed by atoms with Crippen LogP contribution in [0, 0.1) is 11.7 Å². The number of amides is 1. The zero-order valence-electron chi connectivity index (χ0n) is 21.6. The first-order valence-corrected chi connectivity index (χ1v) is 13.2. The third-order valence-electron chi connectivity index (χ3n) is 7.63. The van der Waals surface area contributed by atoms with E-state index in [2.05, 4.69) is 6.92 Å². The molecule has 1 heterocycles. The van der Waals surface area contributed by atoms with Crippen LogP contribution in [0.15, 0.2) is 72.8 Å². The molecule has 1 aliphatic rings. The molecule has 3 aromatic rings. The highest BCUT2D eigenvalue weighted by atomic mass is 19.1. The Hall–Kier alpha value is -3.10. The molecule has 0 aromatic heterocycles. The van der Waals surface area contributed by atoms with Crippen LogP contribution < -0.4 is 4.90 Å². The standard InChI is InChI=1S/C31H36FNO5/c1-2-21-5-13-26(14-6-21)33-29(24-7-3-22(4-8-24)17-18-31(38,19-34)20-35)27(30(33)37)15-16-28(36)23-9-11-25(32)12-10-23/h3-14,27-29,34-36,38H,2,15-20H2,1H3/t27-,28+,29-/m1/s1. The largest absolute Gasteiger partial charge is 0.393 e. The van der Waals surface area contributed by atoms with Crippen molar-refractivity contribution >= 4 is 11.6 Å². The van der Waals surface area contributed by atoms with E-state index in [9.17, 15) is 29.6 Å². The monoisotopic (exact) mass is 521 g/mol. The third kappa shape index (κ3) is 6.13. The molecule has 38 heavy (non-hydrogen) atoms. The number of β-lactam (4-membered cyclic amide) rings is 1. The van der Waals surface area contributed by atoms with Gasteiger partial charge in [-0.3, -0.25) is 4.79 Å². The number of aliphatic hydroxyl groups is 4. The highest BCUT2D eigenvalue weighted by Gasteiger charge is 2.48. The topological polar surface area (TPSA) is 101 Å². The van der Waals surface area contributed by atoms with Crippen molar-refractivity contribution in [3.05, 3.63) is 101 Å². The molecule has 0 radical (unpaired) electrons. The van der Waals surface area contributed by atoms with Gasteiger partial charge in [-0.15, -0.1) is 0 Å². The smallest absolute Gasteiger partial charge is 0.233 e. The van der Waals surface area contributed by atoms with Crippen LogP contribution in [0.2, 0.25) is 0 Å². The minimum atomic E-state index is -1.52. The summed E-state index contributed by atoms with van der Waals surface area (Å²) in [5.41, 5.74) is 3.03. The average Bonchev–Trinajstić information content (AvgIpc) is 2.95. The summed E-state index contributed by atoms with van der Waals surface area (Å²) >= 11 is 0. The Morgan fingerprint density at radius 1 is 0.921 bits per heavy atom. The number of rotatable bonds is 12. The number of anilines is 1. The van der Waals surface area contributed by atoms with E-state index in [-0.39, 0.29) is 30.1 Å². The molecule has 1 amide bonds.